The van der Waals surface area contributed by atoms with E-state index in [2.05, 4.69) is 35.5 Å². The minimum Gasteiger partial charge on any atom is -0.382 e. The van der Waals surface area contributed by atoms with E-state index in [0.717, 1.165) is 22.2 Å². The first-order chi connectivity index (χ1) is 15.9. The van der Waals surface area contributed by atoms with Crippen molar-refractivity contribution in [3.63, 3.8) is 0 Å². The van der Waals surface area contributed by atoms with Crippen LogP contribution in [0.1, 0.15) is 33.0 Å². The number of benzene rings is 1. The van der Waals surface area contributed by atoms with Gasteiger partial charge in [0.05, 0.1) is 41.9 Å². The van der Waals surface area contributed by atoms with Gasteiger partial charge in [-0.3, -0.25) is 4.79 Å². The first-order valence-corrected chi connectivity index (χ1v) is 10.6. The number of anilines is 1. The Kier molecular flexibility index (Phi) is 5.14. The number of aromatic nitrogens is 7. The van der Waals surface area contributed by atoms with Gasteiger partial charge in [-0.05, 0) is 37.6 Å². The SMILES string of the molecule is Cc1cc(C(=O)NCc2cc3c(Cl)ccc(Cn4cnc5c(N)ncnc54)c3[nH]2)c(C)nn1. The van der Waals surface area contributed by atoms with Gasteiger partial charge in [-0.1, -0.05) is 17.7 Å². The predicted molar refractivity (Wildman–Crippen MR) is 125 cm³/mol. The smallest absolute Gasteiger partial charge is 0.253 e. The quantitative estimate of drug-likeness (QED) is 0.365. The molecule has 5 aromatic rings. The van der Waals surface area contributed by atoms with Crippen molar-refractivity contribution in [1.29, 1.82) is 0 Å². The molecular formula is C22H20ClN9O. The summed E-state index contributed by atoms with van der Waals surface area (Å²) < 4.78 is 1.90. The van der Waals surface area contributed by atoms with Crippen molar-refractivity contribution in [3.8, 4) is 0 Å². The van der Waals surface area contributed by atoms with E-state index in [1.807, 2.05) is 22.8 Å². The van der Waals surface area contributed by atoms with E-state index in [4.69, 9.17) is 17.3 Å². The van der Waals surface area contributed by atoms with Crippen LogP contribution in [0.3, 0.4) is 0 Å². The molecule has 1 amide bonds. The number of nitrogen functional groups attached to an aromatic ring is 1. The number of carbonyl (C=O) groups is 1. The molecule has 166 valence electrons. The molecule has 0 radical (unpaired) electrons. The number of nitrogens with two attached hydrogens (primary N) is 1. The summed E-state index contributed by atoms with van der Waals surface area (Å²) >= 11 is 6.46. The molecule has 1 aromatic carbocycles. The van der Waals surface area contributed by atoms with E-state index in [-0.39, 0.29) is 5.91 Å². The van der Waals surface area contributed by atoms with Crippen LogP contribution < -0.4 is 11.1 Å². The highest BCUT2D eigenvalue weighted by Crippen LogP contribution is 2.28. The van der Waals surface area contributed by atoms with Gasteiger partial charge in [-0.25, -0.2) is 15.0 Å². The lowest BCUT2D eigenvalue weighted by atomic mass is 10.1. The topological polar surface area (TPSA) is 140 Å². The van der Waals surface area contributed by atoms with Crippen LogP contribution in [0.2, 0.25) is 5.02 Å². The summed E-state index contributed by atoms with van der Waals surface area (Å²) in [6, 6.07) is 7.47. The van der Waals surface area contributed by atoms with Gasteiger partial charge in [0.15, 0.2) is 11.5 Å². The summed E-state index contributed by atoms with van der Waals surface area (Å²) in [4.78, 5) is 28.7. The zero-order valence-corrected chi connectivity index (χ0v) is 18.7. The van der Waals surface area contributed by atoms with Crippen molar-refractivity contribution >= 4 is 45.4 Å². The summed E-state index contributed by atoms with van der Waals surface area (Å²) in [5.41, 5.74) is 11.6. The van der Waals surface area contributed by atoms with Crippen molar-refractivity contribution in [2.45, 2.75) is 26.9 Å². The second-order valence-corrected chi connectivity index (χ2v) is 8.17. The Bertz CT molecular complexity index is 1520. The molecule has 0 fully saturated rings. The molecule has 4 heterocycles. The molecule has 0 saturated carbocycles. The number of aryl methyl sites for hydroxylation is 2. The van der Waals surface area contributed by atoms with Crippen molar-refractivity contribution in [2.24, 2.45) is 0 Å². The summed E-state index contributed by atoms with van der Waals surface area (Å²) in [7, 11) is 0. The first-order valence-electron chi connectivity index (χ1n) is 10.2. The van der Waals surface area contributed by atoms with Gasteiger partial charge in [0.1, 0.15) is 11.8 Å². The lowest BCUT2D eigenvalue weighted by Gasteiger charge is -2.07. The monoisotopic (exact) mass is 461 g/mol. The first kappa shape index (κ1) is 20.8. The van der Waals surface area contributed by atoms with Crippen LogP contribution >= 0.6 is 11.6 Å². The van der Waals surface area contributed by atoms with Gasteiger partial charge in [-0.2, -0.15) is 10.2 Å². The Morgan fingerprint density at radius 2 is 2.03 bits per heavy atom. The number of rotatable bonds is 5. The summed E-state index contributed by atoms with van der Waals surface area (Å²) in [5, 5.41) is 12.4. The number of hydrogen-bond donors (Lipinski definition) is 3. The zero-order valence-electron chi connectivity index (χ0n) is 17.9. The lowest BCUT2D eigenvalue weighted by molar-refractivity contribution is 0.0949. The molecule has 0 spiro atoms. The maximum absolute atomic E-state index is 12.7. The number of amides is 1. The molecule has 10 nitrogen and oxygen atoms in total. The fraction of sp³-hybridized carbons (Fsp3) is 0.182. The fourth-order valence-electron chi connectivity index (χ4n) is 3.77. The van der Waals surface area contributed by atoms with Gasteiger partial charge in [0.25, 0.3) is 5.91 Å². The van der Waals surface area contributed by atoms with Crippen LogP contribution in [0.15, 0.2) is 36.9 Å². The molecule has 0 aliphatic heterocycles. The molecule has 0 aliphatic carbocycles. The van der Waals surface area contributed by atoms with Crippen LogP contribution in [0, 0.1) is 13.8 Å². The third-order valence-electron chi connectivity index (χ3n) is 5.44. The number of aromatic amines is 1. The van der Waals surface area contributed by atoms with Crippen LogP contribution in [0.4, 0.5) is 5.82 Å². The average molecular weight is 462 g/mol. The van der Waals surface area contributed by atoms with E-state index in [9.17, 15) is 4.79 Å². The number of carbonyl (C=O) groups excluding carboxylic acids is 1. The third-order valence-corrected chi connectivity index (χ3v) is 5.77. The molecule has 11 heteroatoms. The summed E-state index contributed by atoms with van der Waals surface area (Å²) in [6.45, 7) is 4.37. The highest BCUT2D eigenvalue weighted by molar-refractivity contribution is 6.35. The maximum atomic E-state index is 12.7. The normalized spacial score (nSPS) is 11.4. The van der Waals surface area contributed by atoms with Crippen molar-refractivity contribution in [2.75, 3.05) is 5.73 Å². The van der Waals surface area contributed by atoms with Crippen molar-refractivity contribution < 1.29 is 4.79 Å². The largest absolute Gasteiger partial charge is 0.382 e. The van der Waals surface area contributed by atoms with Crippen LogP contribution in [-0.2, 0) is 13.1 Å². The number of imidazole rings is 1. The summed E-state index contributed by atoms with van der Waals surface area (Å²) in [6.07, 6.45) is 3.11. The molecule has 4 aromatic heterocycles. The van der Waals surface area contributed by atoms with E-state index >= 15 is 0 Å². The van der Waals surface area contributed by atoms with Gasteiger partial charge in [0, 0.05) is 16.1 Å². The Hall–Kier alpha value is -4.05. The van der Waals surface area contributed by atoms with E-state index in [1.165, 1.54) is 6.33 Å². The molecule has 0 saturated heterocycles. The van der Waals surface area contributed by atoms with E-state index in [1.54, 1.807) is 26.2 Å². The van der Waals surface area contributed by atoms with Crippen molar-refractivity contribution in [3.05, 3.63) is 70.2 Å². The van der Waals surface area contributed by atoms with E-state index < -0.39 is 0 Å². The number of H-pyrrole nitrogens is 1. The number of nitrogens with one attached hydrogen (secondary N) is 2. The zero-order chi connectivity index (χ0) is 23.1. The highest BCUT2D eigenvalue weighted by atomic mass is 35.5. The second kappa shape index (κ2) is 8.14. The van der Waals surface area contributed by atoms with Crippen LogP contribution in [-0.4, -0.2) is 40.6 Å². The standard InChI is InChI=1S/C22H20ClN9O/c1-11-5-15(12(2)31-30-11)22(33)25-7-14-6-16-17(23)4-3-13(18(16)29-14)8-32-10-28-19-20(24)26-9-27-21(19)32/h3-6,9-10,29H,7-8H2,1-2H3,(H,25,33)(H2,24,26,27). The Morgan fingerprint density at radius 1 is 1.18 bits per heavy atom. The van der Waals surface area contributed by atoms with Gasteiger partial charge in [0.2, 0.25) is 0 Å². The van der Waals surface area contributed by atoms with Crippen LogP contribution in [0.5, 0.6) is 0 Å². The third kappa shape index (κ3) is 3.85. The maximum Gasteiger partial charge on any atom is 0.253 e. The number of hydrogen-bond acceptors (Lipinski definition) is 7. The molecule has 33 heavy (non-hydrogen) atoms. The molecule has 0 atom stereocenters. The van der Waals surface area contributed by atoms with Gasteiger partial charge < -0.3 is 20.6 Å². The number of halogens is 1. The molecule has 5 rings (SSSR count). The van der Waals surface area contributed by atoms with Crippen LogP contribution in [0.25, 0.3) is 22.1 Å². The average Bonchev–Trinajstić information content (AvgIpc) is 3.42. The Morgan fingerprint density at radius 3 is 2.88 bits per heavy atom. The summed E-state index contributed by atoms with van der Waals surface area (Å²) in [5.74, 6) is 0.130. The fourth-order valence-corrected chi connectivity index (χ4v) is 3.99. The van der Waals surface area contributed by atoms with Crippen molar-refractivity contribution in [1.82, 2.24) is 40.0 Å². The van der Waals surface area contributed by atoms with Gasteiger partial charge in [-0.15, -0.1) is 0 Å². The predicted octanol–water partition coefficient (Wildman–Crippen LogP) is 2.93. The number of nitrogens with zero attached hydrogens (tertiary/aromatic N) is 6. The molecule has 4 N–H and O–H groups in total. The molecular weight excluding hydrogens is 442 g/mol. The molecule has 0 bridgehead atoms. The minimum atomic E-state index is -0.211. The molecule has 0 aliphatic rings. The highest BCUT2D eigenvalue weighted by Gasteiger charge is 2.15. The van der Waals surface area contributed by atoms with Gasteiger partial charge >= 0.3 is 0 Å². The lowest BCUT2D eigenvalue weighted by Crippen LogP contribution is -2.24. The van der Waals surface area contributed by atoms with E-state index in [0.29, 0.717) is 52.0 Å². The Labute approximate surface area is 193 Å². The Balaban J connectivity index is 1.42. The number of fused-ring (bicyclic) bond motifs is 2. The molecule has 0 unspecified atom stereocenters. The minimum absolute atomic E-state index is 0.211. The second-order valence-electron chi connectivity index (χ2n) is 7.76.